The van der Waals surface area contributed by atoms with E-state index in [4.69, 9.17) is 16.3 Å². The number of hydrogen-bond donors (Lipinski definition) is 2. The first-order chi connectivity index (χ1) is 12.9. The summed E-state index contributed by atoms with van der Waals surface area (Å²) in [4.78, 5) is 26.7. The fourth-order valence-corrected chi connectivity index (χ4v) is 3.35. The molecule has 0 saturated heterocycles. The third-order valence-electron chi connectivity index (χ3n) is 4.54. The maximum absolute atomic E-state index is 13.0. The summed E-state index contributed by atoms with van der Waals surface area (Å²) in [5.74, 6) is 0.328. The van der Waals surface area contributed by atoms with Crippen LogP contribution in [-0.4, -0.2) is 31.5 Å². The van der Waals surface area contributed by atoms with Crippen LogP contribution in [0.2, 0.25) is 5.02 Å². The molecule has 3 rings (SSSR count). The van der Waals surface area contributed by atoms with Crippen LogP contribution in [0.25, 0.3) is 0 Å². The molecule has 1 atom stereocenters. The van der Waals surface area contributed by atoms with E-state index in [0.29, 0.717) is 27.8 Å². The number of fused-ring (bicyclic) bond motifs is 1. The quantitative estimate of drug-likeness (QED) is 0.836. The van der Waals surface area contributed by atoms with Gasteiger partial charge >= 0.3 is 0 Å². The summed E-state index contributed by atoms with van der Waals surface area (Å²) >= 11 is 6.13. The number of nitrogens with zero attached hydrogens (tertiary/aromatic N) is 1. The van der Waals surface area contributed by atoms with Crippen molar-refractivity contribution in [3.63, 3.8) is 0 Å². The molecule has 0 saturated carbocycles. The largest absolute Gasteiger partial charge is 0.495 e. The van der Waals surface area contributed by atoms with Crippen LogP contribution in [0.3, 0.4) is 0 Å². The lowest BCUT2D eigenvalue weighted by atomic mass is 10.1. The van der Waals surface area contributed by atoms with Crippen LogP contribution in [0, 0.1) is 6.92 Å². The number of rotatable bonds is 4. The number of hydrogen-bond acceptors (Lipinski definition) is 4. The molecule has 2 N–H and O–H groups in total. The monoisotopic (exact) mass is 387 g/mol. The van der Waals surface area contributed by atoms with E-state index in [1.165, 1.54) is 0 Å². The second-order valence-electron chi connectivity index (χ2n) is 6.54. The van der Waals surface area contributed by atoms with Gasteiger partial charge in [0.05, 0.1) is 30.7 Å². The van der Waals surface area contributed by atoms with Gasteiger partial charge in [0.25, 0.3) is 0 Å². The molecule has 2 aromatic rings. The highest BCUT2D eigenvalue weighted by molar-refractivity contribution is 6.31. The fraction of sp³-hybridized carbons (Fsp3) is 0.300. The van der Waals surface area contributed by atoms with Crippen LogP contribution < -0.4 is 20.3 Å². The fourth-order valence-electron chi connectivity index (χ4n) is 3.19. The van der Waals surface area contributed by atoms with Crippen molar-refractivity contribution in [1.82, 2.24) is 0 Å². The minimum Gasteiger partial charge on any atom is -0.495 e. The number of nitrogens with one attached hydrogen (secondary N) is 2. The van der Waals surface area contributed by atoms with Crippen LogP contribution in [0.15, 0.2) is 36.4 Å². The average Bonchev–Trinajstić information content (AvgIpc) is 2.76. The van der Waals surface area contributed by atoms with Crippen molar-refractivity contribution in [3.8, 4) is 5.75 Å². The maximum atomic E-state index is 13.0. The molecule has 0 aliphatic carbocycles. The topological polar surface area (TPSA) is 70.7 Å². The molecular formula is C20H22ClN3O3. The Balaban J connectivity index is 1.84. The number of methoxy groups -OCH3 is 1. The number of para-hydroxylation sites is 2. The average molecular weight is 388 g/mol. The third-order valence-corrected chi connectivity index (χ3v) is 4.95. The second kappa shape index (κ2) is 7.88. The number of carbonyl (C=O) groups is 2. The Morgan fingerprint density at radius 3 is 2.85 bits per heavy atom. The first-order valence-corrected chi connectivity index (χ1v) is 9.07. The molecule has 2 aromatic carbocycles. The van der Waals surface area contributed by atoms with Crippen molar-refractivity contribution in [1.29, 1.82) is 0 Å². The molecular weight excluding hydrogens is 366 g/mol. The highest BCUT2D eigenvalue weighted by atomic mass is 35.5. The number of carbonyl (C=O) groups excluding carboxylic acids is 2. The lowest BCUT2D eigenvalue weighted by molar-refractivity contribution is -0.118. The molecule has 0 radical (unpaired) electrons. The van der Waals surface area contributed by atoms with Crippen molar-refractivity contribution >= 4 is 40.5 Å². The Bertz CT molecular complexity index is 885. The van der Waals surface area contributed by atoms with Crippen LogP contribution in [0.4, 0.5) is 17.1 Å². The van der Waals surface area contributed by atoms with E-state index in [0.717, 1.165) is 5.56 Å². The maximum Gasteiger partial charge on any atom is 0.246 e. The van der Waals surface area contributed by atoms with Crippen molar-refractivity contribution in [3.05, 3.63) is 47.0 Å². The molecule has 142 valence electrons. The zero-order valence-corrected chi connectivity index (χ0v) is 16.3. The van der Waals surface area contributed by atoms with E-state index >= 15 is 0 Å². The van der Waals surface area contributed by atoms with Gasteiger partial charge in [-0.05, 0) is 37.6 Å². The predicted octanol–water partition coefficient (Wildman–Crippen LogP) is 3.83. The van der Waals surface area contributed by atoms with Gasteiger partial charge in [-0.2, -0.15) is 0 Å². The molecule has 0 fully saturated rings. The minimum absolute atomic E-state index is 0.0598. The summed E-state index contributed by atoms with van der Waals surface area (Å²) in [7, 11) is 1.55. The Morgan fingerprint density at radius 1 is 1.37 bits per heavy atom. The number of benzene rings is 2. The van der Waals surface area contributed by atoms with Crippen molar-refractivity contribution < 1.29 is 14.3 Å². The summed E-state index contributed by atoms with van der Waals surface area (Å²) in [5, 5.41) is 6.59. The Kier molecular flexibility index (Phi) is 5.56. The lowest BCUT2D eigenvalue weighted by Gasteiger charge is -2.28. The molecule has 2 amide bonds. The third kappa shape index (κ3) is 4.01. The highest BCUT2D eigenvalue weighted by Crippen LogP contribution is 2.33. The summed E-state index contributed by atoms with van der Waals surface area (Å²) in [5.41, 5.74) is 2.91. The zero-order chi connectivity index (χ0) is 19.6. The number of aryl methyl sites for hydroxylation is 1. The molecule has 1 unspecified atom stereocenters. The van der Waals surface area contributed by atoms with Crippen LogP contribution in [-0.2, 0) is 9.59 Å². The van der Waals surface area contributed by atoms with E-state index in [9.17, 15) is 9.59 Å². The molecule has 6 nitrogen and oxygen atoms in total. The zero-order valence-electron chi connectivity index (χ0n) is 15.5. The molecule has 1 aliphatic rings. The summed E-state index contributed by atoms with van der Waals surface area (Å²) in [6.07, 6.45) is 0.240. The van der Waals surface area contributed by atoms with Crippen LogP contribution in [0.5, 0.6) is 5.75 Å². The van der Waals surface area contributed by atoms with Crippen molar-refractivity contribution in [2.45, 2.75) is 26.3 Å². The van der Waals surface area contributed by atoms with Gasteiger partial charge in [-0.3, -0.25) is 9.59 Å². The van der Waals surface area contributed by atoms with E-state index in [1.807, 2.05) is 38.1 Å². The normalized spacial score (nSPS) is 16.2. The molecule has 1 aliphatic heterocycles. The number of amides is 2. The smallest absolute Gasteiger partial charge is 0.246 e. The molecule has 1 heterocycles. The van der Waals surface area contributed by atoms with Gasteiger partial charge < -0.3 is 20.3 Å². The standard InChI is InChI=1S/C20H22ClN3O3/c1-12-8-16(18(27-3)10-14(12)21)22-11-20(26)24-13(2)9-19(25)23-15-6-4-5-7-17(15)24/h4-8,10,13,22H,9,11H2,1-3H3,(H,23,25). The molecule has 27 heavy (non-hydrogen) atoms. The lowest BCUT2D eigenvalue weighted by Crippen LogP contribution is -2.42. The van der Waals surface area contributed by atoms with Gasteiger partial charge in [0.1, 0.15) is 5.75 Å². The first kappa shape index (κ1) is 19.0. The Morgan fingerprint density at radius 2 is 2.11 bits per heavy atom. The molecule has 0 aromatic heterocycles. The number of anilines is 3. The van der Waals surface area contributed by atoms with Gasteiger partial charge in [-0.25, -0.2) is 0 Å². The molecule has 0 spiro atoms. The minimum atomic E-state index is -0.253. The van der Waals surface area contributed by atoms with Crippen molar-refractivity contribution in [2.24, 2.45) is 0 Å². The molecule has 0 bridgehead atoms. The SMILES string of the molecule is COc1cc(Cl)c(C)cc1NCC(=O)N1c2ccccc2NC(=O)CC1C. The highest BCUT2D eigenvalue weighted by Gasteiger charge is 2.29. The van der Waals surface area contributed by atoms with E-state index < -0.39 is 0 Å². The van der Waals surface area contributed by atoms with Crippen LogP contribution >= 0.6 is 11.6 Å². The van der Waals surface area contributed by atoms with Gasteiger partial charge in [-0.15, -0.1) is 0 Å². The first-order valence-electron chi connectivity index (χ1n) is 8.69. The predicted molar refractivity (Wildman–Crippen MR) is 108 cm³/mol. The van der Waals surface area contributed by atoms with Crippen LogP contribution in [0.1, 0.15) is 18.9 Å². The van der Waals surface area contributed by atoms with E-state index in [-0.39, 0.29) is 30.8 Å². The van der Waals surface area contributed by atoms with Gasteiger partial charge in [0.15, 0.2) is 0 Å². The Hall–Kier alpha value is -2.73. The molecule has 7 heteroatoms. The summed E-state index contributed by atoms with van der Waals surface area (Å²) in [6, 6.07) is 10.6. The van der Waals surface area contributed by atoms with Gasteiger partial charge in [-0.1, -0.05) is 23.7 Å². The van der Waals surface area contributed by atoms with Gasteiger partial charge in [0.2, 0.25) is 11.8 Å². The van der Waals surface area contributed by atoms with Crippen molar-refractivity contribution in [2.75, 3.05) is 29.2 Å². The van der Waals surface area contributed by atoms with Gasteiger partial charge in [0, 0.05) is 23.6 Å². The van der Waals surface area contributed by atoms with E-state index in [2.05, 4.69) is 10.6 Å². The number of ether oxygens (including phenoxy) is 1. The Labute approximate surface area is 163 Å². The summed E-state index contributed by atoms with van der Waals surface area (Å²) in [6.45, 7) is 3.82. The summed E-state index contributed by atoms with van der Waals surface area (Å²) < 4.78 is 5.34. The second-order valence-corrected chi connectivity index (χ2v) is 6.94. The number of halogens is 1. The van der Waals surface area contributed by atoms with E-state index in [1.54, 1.807) is 24.1 Å².